The van der Waals surface area contributed by atoms with E-state index in [1.165, 1.54) is 24.3 Å². The number of hydrogen-bond donors (Lipinski definition) is 0. The molecule has 0 radical (unpaired) electrons. The Bertz CT molecular complexity index is 1490. The van der Waals surface area contributed by atoms with E-state index in [1.807, 2.05) is 4.90 Å². The van der Waals surface area contributed by atoms with E-state index in [4.69, 9.17) is 23.2 Å². The van der Waals surface area contributed by atoms with Gasteiger partial charge in [0, 0.05) is 43.6 Å². The van der Waals surface area contributed by atoms with Crippen LogP contribution >= 0.6 is 23.2 Å². The predicted molar refractivity (Wildman–Crippen MR) is 141 cm³/mol. The van der Waals surface area contributed by atoms with Crippen LogP contribution < -0.4 is 10.5 Å². The molecule has 1 saturated heterocycles. The van der Waals surface area contributed by atoms with Gasteiger partial charge in [-0.25, -0.2) is 14.1 Å². The molecule has 0 N–H and O–H groups in total. The fraction of sp³-hybridized carbons (Fsp3) is 0.346. The van der Waals surface area contributed by atoms with E-state index >= 15 is 0 Å². The number of benzene rings is 2. The van der Waals surface area contributed by atoms with Gasteiger partial charge in [0.1, 0.15) is 18.3 Å². The summed E-state index contributed by atoms with van der Waals surface area (Å²) in [4.78, 5) is 34.7. The number of carbonyl (C=O) groups is 1. The maximum atomic E-state index is 14.0. The van der Waals surface area contributed by atoms with Crippen LogP contribution in [-0.4, -0.2) is 58.2 Å². The fourth-order valence-electron chi connectivity index (χ4n) is 5.18. The third-order valence-electron chi connectivity index (χ3n) is 6.99. The molecule has 206 valence electrons. The van der Waals surface area contributed by atoms with Crippen LogP contribution in [0.25, 0.3) is 0 Å². The summed E-state index contributed by atoms with van der Waals surface area (Å²) in [6, 6.07) is 10.6. The van der Waals surface area contributed by atoms with Gasteiger partial charge in [0.15, 0.2) is 5.82 Å². The molecule has 1 amide bonds. The van der Waals surface area contributed by atoms with Gasteiger partial charge in [0.25, 0.3) is 5.56 Å². The number of halogens is 6. The summed E-state index contributed by atoms with van der Waals surface area (Å²) in [7, 11) is 0. The number of amides is 1. The van der Waals surface area contributed by atoms with Crippen LogP contribution in [0.4, 0.5) is 29.1 Å². The zero-order chi connectivity index (χ0) is 28.1. The molecule has 3 heterocycles. The molecular formula is C26H23Cl2F4N5O2. The van der Waals surface area contributed by atoms with Crippen molar-refractivity contribution in [2.75, 3.05) is 31.1 Å². The lowest BCUT2D eigenvalue weighted by atomic mass is 9.87. The number of piperazine rings is 1. The SMILES string of the molecule is CC1=Nc2cc(=O)n(CC(F)(F)F)n2C(c2ccc(Cl)c(Cl)c2)C1C(=O)N1CCN(c2ccc(F)cc2)CC1. The van der Waals surface area contributed by atoms with Gasteiger partial charge in [-0.05, 0) is 48.9 Å². The fourth-order valence-corrected chi connectivity index (χ4v) is 5.48. The van der Waals surface area contributed by atoms with Crippen molar-refractivity contribution in [2.45, 2.75) is 25.7 Å². The standard InChI is InChI=1S/C26H23Cl2F4N5O2/c1-15-23(25(39)35-10-8-34(9-11-35)18-5-3-17(29)4-6-18)24(16-2-7-19(27)20(28)12-16)37-21(33-15)13-22(38)36(37)14-26(30,31)32/h2-7,12-13,23-24H,8-11,14H2,1H3. The van der Waals surface area contributed by atoms with E-state index in [1.54, 1.807) is 30.0 Å². The Hall–Kier alpha value is -3.31. The molecule has 5 rings (SSSR count). The first kappa shape index (κ1) is 27.3. The second-order valence-corrected chi connectivity index (χ2v) is 10.3. The largest absolute Gasteiger partial charge is 0.408 e. The van der Waals surface area contributed by atoms with Crippen molar-refractivity contribution >= 4 is 46.3 Å². The van der Waals surface area contributed by atoms with E-state index < -0.39 is 30.2 Å². The predicted octanol–water partition coefficient (Wildman–Crippen LogP) is 5.32. The number of hydrogen-bond acceptors (Lipinski definition) is 4. The average Bonchev–Trinajstić information content (AvgIpc) is 3.17. The maximum Gasteiger partial charge on any atom is 0.408 e. The molecule has 2 aromatic carbocycles. The number of fused-ring (bicyclic) bond motifs is 1. The summed E-state index contributed by atoms with van der Waals surface area (Å²) in [6.07, 6.45) is -4.69. The first-order valence-corrected chi connectivity index (χ1v) is 12.9. The van der Waals surface area contributed by atoms with Crippen LogP contribution in [0, 0.1) is 11.7 Å². The normalized spacial score (nSPS) is 19.6. The van der Waals surface area contributed by atoms with Crippen molar-refractivity contribution in [1.29, 1.82) is 0 Å². The summed E-state index contributed by atoms with van der Waals surface area (Å²) in [5, 5.41) is 0.397. The Balaban J connectivity index is 1.51. The third kappa shape index (κ3) is 5.42. The number of nitrogens with zero attached hydrogens (tertiary/aromatic N) is 5. The zero-order valence-electron chi connectivity index (χ0n) is 20.6. The lowest BCUT2D eigenvalue weighted by Crippen LogP contribution is -2.53. The molecule has 0 bridgehead atoms. The zero-order valence-corrected chi connectivity index (χ0v) is 22.1. The van der Waals surface area contributed by atoms with Crippen LogP contribution in [-0.2, 0) is 11.3 Å². The van der Waals surface area contributed by atoms with Crippen molar-refractivity contribution in [3.63, 3.8) is 0 Å². The van der Waals surface area contributed by atoms with Crippen molar-refractivity contribution in [3.8, 4) is 0 Å². The first-order chi connectivity index (χ1) is 18.4. The molecule has 2 atom stereocenters. The van der Waals surface area contributed by atoms with Gasteiger partial charge in [-0.15, -0.1) is 0 Å². The highest BCUT2D eigenvalue weighted by Crippen LogP contribution is 2.39. The van der Waals surface area contributed by atoms with Crippen LogP contribution in [0.3, 0.4) is 0 Å². The van der Waals surface area contributed by atoms with E-state index in [-0.39, 0.29) is 27.6 Å². The Morgan fingerprint density at radius 2 is 1.67 bits per heavy atom. The van der Waals surface area contributed by atoms with Crippen LogP contribution in [0.2, 0.25) is 10.0 Å². The van der Waals surface area contributed by atoms with E-state index in [0.717, 1.165) is 16.4 Å². The Morgan fingerprint density at radius 1 is 1.00 bits per heavy atom. The number of alkyl halides is 3. The number of carbonyl (C=O) groups excluding carboxylic acids is 1. The molecule has 7 nitrogen and oxygen atoms in total. The second kappa shape index (κ2) is 10.3. The van der Waals surface area contributed by atoms with E-state index in [2.05, 4.69) is 4.99 Å². The van der Waals surface area contributed by atoms with Crippen LogP contribution in [0.15, 0.2) is 58.3 Å². The lowest BCUT2D eigenvalue weighted by molar-refractivity contribution is -0.145. The van der Waals surface area contributed by atoms with E-state index in [0.29, 0.717) is 42.1 Å². The highest BCUT2D eigenvalue weighted by atomic mass is 35.5. The monoisotopic (exact) mass is 583 g/mol. The summed E-state index contributed by atoms with van der Waals surface area (Å²) >= 11 is 12.4. The Morgan fingerprint density at radius 3 is 2.28 bits per heavy atom. The molecule has 0 aliphatic carbocycles. The van der Waals surface area contributed by atoms with Gasteiger partial charge in [0.05, 0.1) is 16.1 Å². The molecule has 2 aliphatic heterocycles. The molecular weight excluding hydrogens is 561 g/mol. The molecule has 2 aliphatic rings. The molecule has 0 spiro atoms. The summed E-state index contributed by atoms with van der Waals surface area (Å²) in [5.41, 5.74) is 0.710. The quantitative estimate of drug-likeness (QED) is 0.391. The Labute approximate surface area is 230 Å². The average molecular weight is 584 g/mol. The number of anilines is 1. The molecule has 3 aromatic rings. The summed E-state index contributed by atoms with van der Waals surface area (Å²) in [5.74, 6) is -1.67. The molecule has 1 aromatic heterocycles. The number of aliphatic imine (C=N–C) groups is 1. The first-order valence-electron chi connectivity index (χ1n) is 12.1. The topological polar surface area (TPSA) is 62.8 Å². The molecule has 1 fully saturated rings. The minimum Gasteiger partial charge on any atom is -0.368 e. The number of rotatable bonds is 4. The van der Waals surface area contributed by atoms with Crippen molar-refractivity contribution in [3.05, 3.63) is 80.3 Å². The molecule has 13 heteroatoms. The van der Waals surface area contributed by atoms with Crippen molar-refractivity contribution in [1.82, 2.24) is 14.3 Å². The van der Waals surface area contributed by atoms with Gasteiger partial charge in [0.2, 0.25) is 5.91 Å². The van der Waals surface area contributed by atoms with Crippen LogP contribution in [0.5, 0.6) is 0 Å². The lowest BCUT2D eigenvalue weighted by Gasteiger charge is -2.40. The highest BCUT2D eigenvalue weighted by Gasteiger charge is 2.43. The van der Waals surface area contributed by atoms with Gasteiger partial charge < -0.3 is 9.80 Å². The minimum absolute atomic E-state index is 0.0167. The summed E-state index contributed by atoms with van der Waals surface area (Å²) < 4.78 is 55.5. The summed E-state index contributed by atoms with van der Waals surface area (Å²) in [6.45, 7) is 1.70. The van der Waals surface area contributed by atoms with E-state index in [9.17, 15) is 27.2 Å². The van der Waals surface area contributed by atoms with Gasteiger partial charge in [-0.2, -0.15) is 13.2 Å². The third-order valence-corrected chi connectivity index (χ3v) is 7.72. The highest BCUT2D eigenvalue weighted by molar-refractivity contribution is 6.42. The number of aromatic nitrogens is 2. The Kier molecular flexibility index (Phi) is 7.23. The smallest absolute Gasteiger partial charge is 0.368 e. The molecule has 2 unspecified atom stereocenters. The second-order valence-electron chi connectivity index (χ2n) is 9.50. The molecule has 39 heavy (non-hydrogen) atoms. The van der Waals surface area contributed by atoms with Crippen molar-refractivity contribution < 1.29 is 22.4 Å². The van der Waals surface area contributed by atoms with Crippen molar-refractivity contribution in [2.24, 2.45) is 10.9 Å². The van der Waals surface area contributed by atoms with Gasteiger partial charge in [-0.1, -0.05) is 29.3 Å². The van der Waals surface area contributed by atoms with Crippen LogP contribution in [0.1, 0.15) is 18.5 Å². The molecule has 0 saturated carbocycles. The van der Waals surface area contributed by atoms with Gasteiger partial charge in [-0.3, -0.25) is 14.3 Å². The van der Waals surface area contributed by atoms with Gasteiger partial charge >= 0.3 is 6.18 Å². The minimum atomic E-state index is -4.69. The maximum absolute atomic E-state index is 14.0.